The van der Waals surface area contributed by atoms with Crippen molar-refractivity contribution in [1.29, 1.82) is 0 Å². The molecule has 3 nitrogen and oxygen atoms in total. The third kappa shape index (κ3) is 3.37. The number of nitrogens with zero attached hydrogens (tertiary/aromatic N) is 1. The molecule has 2 unspecified atom stereocenters. The summed E-state index contributed by atoms with van der Waals surface area (Å²) in [5, 5.41) is 6.72. The first-order valence-electron chi connectivity index (χ1n) is 6.50. The van der Waals surface area contributed by atoms with E-state index in [1.165, 1.54) is 12.0 Å². The summed E-state index contributed by atoms with van der Waals surface area (Å²) in [5.74, 6) is 2.53. The van der Waals surface area contributed by atoms with Crippen molar-refractivity contribution in [3.8, 4) is 0 Å². The van der Waals surface area contributed by atoms with Gasteiger partial charge in [-0.05, 0) is 30.2 Å². The largest absolute Gasteiger partial charge is 0.356 e. The fourth-order valence-corrected chi connectivity index (χ4v) is 2.46. The molecule has 1 fully saturated rings. The molecule has 1 aromatic carbocycles. The zero-order valence-electron chi connectivity index (χ0n) is 10.4. The lowest BCUT2D eigenvalue weighted by molar-refractivity contribution is 0.674. The molecule has 2 aliphatic rings. The Hall–Kier alpha value is -0.780. The fourth-order valence-electron chi connectivity index (χ4n) is 2.46. The van der Waals surface area contributed by atoms with Crippen molar-refractivity contribution < 1.29 is 0 Å². The van der Waals surface area contributed by atoms with E-state index in [0.717, 1.165) is 43.9 Å². The molecule has 4 heteroatoms. The summed E-state index contributed by atoms with van der Waals surface area (Å²) in [5.41, 5.74) is 1.48. The Bertz CT molecular complexity index is 405. The molecule has 2 atom stereocenters. The molecule has 1 aliphatic heterocycles. The van der Waals surface area contributed by atoms with Crippen LogP contribution in [-0.2, 0) is 0 Å². The molecule has 1 aliphatic carbocycles. The lowest BCUT2D eigenvalue weighted by Gasteiger charge is -2.15. The number of aliphatic imine (C=N–C) groups is 1. The van der Waals surface area contributed by atoms with Crippen LogP contribution in [0.2, 0.25) is 0 Å². The van der Waals surface area contributed by atoms with Crippen LogP contribution < -0.4 is 10.6 Å². The Balaban J connectivity index is 0.00000120. The molecule has 0 saturated heterocycles. The summed E-state index contributed by atoms with van der Waals surface area (Å²) in [6.07, 6.45) is 2.46. The molecule has 18 heavy (non-hydrogen) atoms. The van der Waals surface area contributed by atoms with Crippen molar-refractivity contribution in [3.63, 3.8) is 0 Å². The smallest absolute Gasteiger partial charge is 0.191 e. The lowest BCUT2D eigenvalue weighted by atomic mass is 10.1. The molecule has 2 N–H and O–H groups in total. The molecule has 1 saturated carbocycles. The van der Waals surface area contributed by atoms with Crippen LogP contribution in [0.15, 0.2) is 35.3 Å². The Kier molecular flexibility index (Phi) is 4.86. The Labute approximate surface area is 125 Å². The van der Waals surface area contributed by atoms with Crippen LogP contribution in [0.1, 0.15) is 24.3 Å². The monoisotopic (exact) mass is 357 g/mol. The lowest BCUT2D eigenvalue weighted by Crippen LogP contribution is -2.41. The Morgan fingerprint density at radius 1 is 1.28 bits per heavy atom. The molecule has 0 spiro atoms. The number of nitrogens with one attached hydrogen (secondary N) is 2. The van der Waals surface area contributed by atoms with Gasteiger partial charge in [-0.25, -0.2) is 0 Å². The first kappa shape index (κ1) is 13.6. The summed E-state index contributed by atoms with van der Waals surface area (Å²) < 4.78 is 0. The minimum absolute atomic E-state index is 0. The van der Waals surface area contributed by atoms with E-state index < -0.39 is 0 Å². The van der Waals surface area contributed by atoms with Gasteiger partial charge < -0.3 is 10.6 Å². The molecule has 0 bridgehead atoms. The van der Waals surface area contributed by atoms with Crippen molar-refractivity contribution in [3.05, 3.63) is 35.9 Å². The number of hydrogen-bond donors (Lipinski definition) is 2. The maximum absolute atomic E-state index is 4.42. The van der Waals surface area contributed by atoms with Crippen LogP contribution in [0.5, 0.6) is 0 Å². The molecule has 0 aromatic heterocycles. The van der Waals surface area contributed by atoms with E-state index in [2.05, 4.69) is 46.0 Å². The van der Waals surface area contributed by atoms with E-state index >= 15 is 0 Å². The van der Waals surface area contributed by atoms with E-state index in [1.807, 2.05) is 0 Å². The highest BCUT2D eigenvalue weighted by molar-refractivity contribution is 14.0. The highest BCUT2D eigenvalue weighted by Crippen LogP contribution is 2.46. The van der Waals surface area contributed by atoms with Crippen LogP contribution in [0.4, 0.5) is 0 Å². The molecule has 1 aromatic rings. The zero-order valence-corrected chi connectivity index (χ0v) is 12.8. The van der Waals surface area contributed by atoms with Gasteiger partial charge in [0, 0.05) is 19.6 Å². The third-order valence-corrected chi connectivity index (χ3v) is 3.58. The van der Waals surface area contributed by atoms with Gasteiger partial charge in [0.15, 0.2) is 5.96 Å². The van der Waals surface area contributed by atoms with Crippen LogP contribution in [0, 0.1) is 5.92 Å². The standard InChI is InChI=1S/C14H19N3.HI/c1-2-5-11(6-3-1)13-9-12(13)10-17-14-15-7-4-8-16-14;/h1-3,5-6,12-13H,4,7-10H2,(H2,15,16,17);1H. The molecule has 98 valence electrons. The van der Waals surface area contributed by atoms with Crippen molar-refractivity contribution in [2.45, 2.75) is 18.8 Å². The second-order valence-corrected chi connectivity index (χ2v) is 4.90. The van der Waals surface area contributed by atoms with Gasteiger partial charge in [0.2, 0.25) is 0 Å². The minimum Gasteiger partial charge on any atom is -0.356 e. The van der Waals surface area contributed by atoms with Crippen LogP contribution in [-0.4, -0.2) is 25.6 Å². The number of rotatable bonds is 3. The maximum Gasteiger partial charge on any atom is 0.191 e. The van der Waals surface area contributed by atoms with E-state index in [9.17, 15) is 0 Å². The van der Waals surface area contributed by atoms with Crippen LogP contribution in [0.25, 0.3) is 0 Å². The quantitative estimate of drug-likeness (QED) is 0.815. The fraction of sp³-hybridized carbons (Fsp3) is 0.500. The topological polar surface area (TPSA) is 36.4 Å². The van der Waals surface area contributed by atoms with Gasteiger partial charge in [-0.1, -0.05) is 30.3 Å². The van der Waals surface area contributed by atoms with Gasteiger partial charge in [-0.2, -0.15) is 0 Å². The van der Waals surface area contributed by atoms with E-state index in [0.29, 0.717) is 0 Å². The van der Waals surface area contributed by atoms with Crippen molar-refractivity contribution in [1.82, 2.24) is 10.6 Å². The first-order chi connectivity index (χ1) is 8.43. The van der Waals surface area contributed by atoms with E-state index in [-0.39, 0.29) is 24.0 Å². The summed E-state index contributed by atoms with van der Waals surface area (Å²) >= 11 is 0. The molecule has 1 heterocycles. The number of guanidine groups is 1. The minimum atomic E-state index is 0. The molecule has 3 rings (SSSR count). The average Bonchev–Trinajstić information content (AvgIpc) is 3.18. The van der Waals surface area contributed by atoms with E-state index in [4.69, 9.17) is 0 Å². The number of hydrogen-bond acceptors (Lipinski definition) is 3. The summed E-state index contributed by atoms with van der Waals surface area (Å²) in [6.45, 7) is 3.06. The predicted molar refractivity (Wildman–Crippen MR) is 85.6 cm³/mol. The number of benzene rings is 1. The molecular formula is C14H20IN3. The van der Waals surface area contributed by atoms with Crippen molar-refractivity contribution >= 4 is 29.9 Å². The molecule has 0 radical (unpaired) electrons. The maximum atomic E-state index is 4.42. The summed E-state index contributed by atoms with van der Waals surface area (Å²) in [6, 6.07) is 10.8. The highest BCUT2D eigenvalue weighted by Gasteiger charge is 2.37. The zero-order chi connectivity index (χ0) is 11.5. The normalized spacial score (nSPS) is 25.4. The predicted octanol–water partition coefficient (Wildman–Crippen LogP) is 2.35. The number of halogens is 1. The van der Waals surface area contributed by atoms with Gasteiger partial charge in [0.25, 0.3) is 0 Å². The SMILES string of the molecule is I.c1ccc(C2CC2CNC2=NCCCN2)cc1. The van der Waals surface area contributed by atoms with E-state index in [1.54, 1.807) is 0 Å². The van der Waals surface area contributed by atoms with Crippen LogP contribution in [0.3, 0.4) is 0 Å². The second-order valence-electron chi connectivity index (χ2n) is 4.90. The highest BCUT2D eigenvalue weighted by atomic mass is 127. The Morgan fingerprint density at radius 2 is 2.11 bits per heavy atom. The third-order valence-electron chi connectivity index (χ3n) is 3.58. The van der Waals surface area contributed by atoms with Crippen molar-refractivity contribution in [2.75, 3.05) is 19.6 Å². The average molecular weight is 357 g/mol. The van der Waals surface area contributed by atoms with Gasteiger partial charge in [-0.3, -0.25) is 4.99 Å². The summed E-state index contributed by atoms with van der Waals surface area (Å²) in [7, 11) is 0. The molecular weight excluding hydrogens is 337 g/mol. The van der Waals surface area contributed by atoms with Crippen LogP contribution >= 0.6 is 24.0 Å². The van der Waals surface area contributed by atoms with Gasteiger partial charge >= 0.3 is 0 Å². The second kappa shape index (κ2) is 6.41. The van der Waals surface area contributed by atoms with Crippen molar-refractivity contribution in [2.24, 2.45) is 10.9 Å². The van der Waals surface area contributed by atoms with Gasteiger partial charge in [0.05, 0.1) is 0 Å². The first-order valence-corrected chi connectivity index (χ1v) is 6.50. The summed E-state index contributed by atoms with van der Waals surface area (Å²) in [4.78, 5) is 4.42. The molecule has 0 amide bonds. The van der Waals surface area contributed by atoms with Gasteiger partial charge in [-0.15, -0.1) is 24.0 Å². The van der Waals surface area contributed by atoms with Gasteiger partial charge in [0.1, 0.15) is 0 Å². The Morgan fingerprint density at radius 3 is 2.83 bits per heavy atom.